The molecule has 1 atom stereocenters. The van der Waals surface area contributed by atoms with Crippen molar-refractivity contribution in [3.05, 3.63) is 48.6 Å². The zero-order valence-corrected chi connectivity index (χ0v) is 48.2. The van der Waals surface area contributed by atoms with Crippen LogP contribution in [0.15, 0.2) is 48.6 Å². The highest BCUT2D eigenvalue weighted by Gasteiger charge is 2.19. The third-order valence-electron chi connectivity index (χ3n) is 14.1. The van der Waals surface area contributed by atoms with Gasteiger partial charge in [0.25, 0.3) is 0 Å². The van der Waals surface area contributed by atoms with Gasteiger partial charge < -0.3 is 14.2 Å². The molecule has 0 aromatic heterocycles. The maximum absolute atomic E-state index is 12.9. The van der Waals surface area contributed by atoms with E-state index in [1.165, 1.54) is 218 Å². The van der Waals surface area contributed by atoms with Crippen LogP contribution >= 0.6 is 0 Å². The summed E-state index contributed by atoms with van der Waals surface area (Å²) in [6, 6.07) is 0. The number of allylic oxidation sites excluding steroid dienone is 8. The van der Waals surface area contributed by atoms with E-state index in [9.17, 15) is 14.4 Å². The first kappa shape index (κ1) is 69.4. The van der Waals surface area contributed by atoms with Crippen LogP contribution < -0.4 is 0 Å². The van der Waals surface area contributed by atoms with Crippen LogP contribution in [0.3, 0.4) is 0 Å². The van der Waals surface area contributed by atoms with Gasteiger partial charge in [-0.25, -0.2) is 0 Å². The molecule has 0 amide bonds. The molecule has 0 rings (SSSR count). The molecule has 0 aliphatic carbocycles. The highest BCUT2D eigenvalue weighted by molar-refractivity contribution is 5.71. The van der Waals surface area contributed by atoms with Gasteiger partial charge in [-0.3, -0.25) is 14.4 Å². The zero-order valence-electron chi connectivity index (χ0n) is 48.2. The van der Waals surface area contributed by atoms with Crippen molar-refractivity contribution in [1.29, 1.82) is 0 Å². The average Bonchev–Trinajstić information content (AvgIpc) is 3.38. The van der Waals surface area contributed by atoms with Gasteiger partial charge in [-0.05, 0) is 83.5 Å². The highest BCUT2D eigenvalue weighted by Crippen LogP contribution is 2.17. The normalized spacial score (nSPS) is 12.3. The smallest absolute Gasteiger partial charge is 0.306 e. The predicted octanol–water partition coefficient (Wildman–Crippen LogP) is 21.4. The predicted molar refractivity (Wildman–Crippen MR) is 312 cm³/mol. The molecule has 0 N–H and O–H groups in total. The summed E-state index contributed by atoms with van der Waals surface area (Å²) >= 11 is 0. The SMILES string of the molecule is CCCCCCC/C=C\C/C=C\C/C=C\CCCCCCCCCCC(=O)OCC(COC(=O)CCCCCCCCCCCCCCCC)OC(=O)CCCCCCCCC/C=C\CCCCCCCC. The lowest BCUT2D eigenvalue weighted by molar-refractivity contribution is -0.167. The Morgan fingerprint density at radius 3 is 0.792 bits per heavy atom. The van der Waals surface area contributed by atoms with Crippen molar-refractivity contribution in [3.8, 4) is 0 Å². The minimum Gasteiger partial charge on any atom is -0.462 e. The fourth-order valence-corrected chi connectivity index (χ4v) is 9.27. The standard InChI is InChI=1S/C66H120O6/c1-4-7-10-13-16-19-22-25-28-30-31-32-33-34-35-37-38-41-44-47-50-53-56-59-65(68)71-62-63(61-70-64(67)58-55-52-49-46-43-40-27-24-21-18-15-12-9-6-3)72-66(69)60-57-54-51-48-45-42-39-36-29-26-23-20-17-14-11-8-5-2/h22,25-26,29-31,33-34,63H,4-21,23-24,27-28,32,35-62H2,1-3H3/b25-22-,29-26-,31-30-,34-33-. The Morgan fingerprint density at radius 1 is 0.278 bits per heavy atom. The molecular formula is C66H120O6. The molecule has 0 bridgehead atoms. The van der Waals surface area contributed by atoms with Gasteiger partial charge >= 0.3 is 17.9 Å². The molecule has 0 aromatic rings. The number of carbonyl (C=O) groups excluding carboxylic acids is 3. The number of hydrogen-bond donors (Lipinski definition) is 0. The maximum atomic E-state index is 12.9. The van der Waals surface area contributed by atoms with Crippen molar-refractivity contribution in [2.45, 2.75) is 341 Å². The second kappa shape index (κ2) is 60.9. The number of ether oxygens (including phenoxy) is 3. The molecule has 0 saturated carbocycles. The second-order valence-corrected chi connectivity index (χ2v) is 21.3. The molecule has 0 saturated heterocycles. The van der Waals surface area contributed by atoms with E-state index in [-0.39, 0.29) is 31.1 Å². The van der Waals surface area contributed by atoms with Gasteiger partial charge in [0.05, 0.1) is 0 Å². The summed E-state index contributed by atoms with van der Waals surface area (Å²) < 4.78 is 16.9. The third kappa shape index (κ3) is 58.3. The van der Waals surface area contributed by atoms with Crippen molar-refractivity contribution in [3.63, 3.8) is 0 Å². The molecule has 0 radical (unpaired) electrons. The number of hydrogen-bond acceptors (Lipinski definition) is 6. The molecule has 0 aliphatic heterocycles. The Bertz CT molecular complexity index is 1250. The summed E-state index contributed by atoms with van der Waals surface area (Å²) in [6.45, 7) is 6.66. The van der Waals surface area contributed by atoms with Crippen molar-refractivity contribution in [1.82, 2.24) is 0 Å². The van der Waals surface area contributed by atoms with Crippen LogP contribution in [-0.2, 0) is 28.6 Å². The molecule has 6 nitrogen and oxygen atoms in total. The quantitative estimate of drug-likeness (QED) is 0.0261. The Morgan fingerprint density at radius 2 is 0.500 bits per heavy atom. The molecule has 0 heterocycles. The van der Waals surface area contributed by atoms with Crippen molar-refractivity contribution >= 4 is 17.9 Å². The molecule has 1 unspecified atom stereocenters. The second-order valence-electron chi connectivity index (χ2n) is 21.3. The van der Waals surface area contributed by atoms with Crippen molar-refractivity contribution in [2.75, 3.05) is 13.2 Å². The average molecular weight is 1010 g/mol. The molecule has 0 spiro atoms. The lowest BCUT2D eigenvalue weighted by Crippen LogP contribution is -2.30. The van der Waals surface area contributed by atoms with E-state index < -0.39 is 6.10 Å². The van der Waals surface area contributed by atoms with Crippen LogP contribution in [0.4, 0.5) is 0 Å². The van der Waals surface area contributed by atoms with E-state index in [0.717, 1.165) is 77.0 Å². The van der Waals surface area contributed by atoms with Crippen LogP contribution in [0.1, 0.15) is 335 Å². The molecule has 0 aliphatic rings. The van der Waals surface area contributed by atoms with Crippen LogP contribution in [-0.4, -0.2) is 37.2 Å². The molecule has 6 heteroatoms. The van der Waals surface area contributed by atoms with Gasteiger partial charge in [-0.2, -0.15) is 0 Å². The van der Waals surface area contributed by atoms with Crippen LogP contribution in [0.25, 0.3) is 0 Å². The number of esters is 3. The van der Waals surface area contributed by atoms with Crippen LogP contribution in [0.5, 0.6) is 0 Å². The molecule has 72 heavy (non-hydrogen) atoms. The summed E-state index contributed by atoms with van der Waals surface area (Å²) in [7, 11) is 0. The van der Waals surface area contributed by atoms with Gasteiger partial charge in [-0.15, -0.1) is 0 Å². The summed E-state index contributed by atoms with van der Waals surface area (Å²) in [5.74, 6) is -0.866. The van der Waals surface area contributed by atoms with Gasteiger partial charge in [0, 0.05) is 19.3 Å². The van der Waals surface area contributed by atoms with Gasteiger partial charge in [0.1, 0.15) is 13.2 Å². The summed E-state index contributed by atoms with van der Waals surface area (Å²) in [5.41, 5.74) is 0. The van der Waals surface area contributed by atoms with Gasteiger partial charge in [0.2, 0.25) is 0 Å². The molecule has 420 valence electrons. The first-order chi connectivity index (χ1) is 35.5. The van der Waals surface area contributed by atoms with E-state index in [4.69, 9.17) is 14.2 Å². The van der Waals surface area contributed by atoms with E-state index >= 15 is 0 Å². The number of carbonyl (C=O) groups is 3. The Kier molecular flexibility index (Phi) is 58.7. The monoisotopic (exact) mass is 1010 g/mol. The Hall–Kier alpha value is -2.63. The van der Waals surface area contributed by atoms with Gasteiger partial charge in [0.15, 0.2) is 6.10 Å². The summed E-state index contributed by atoms with van der Waals surface area (Å²) in [5, 5.41) is 0. The lowest BCUT2D eigenvalue weighted by Gasteiger charge is -2.18. The first-order valence-corrected chi connectivity index (χ1v) is 31.6. The summed E-state index contributed by atoms with van der Waals surface area (Å²) in [6.07, 6.45) is 75.3. The van der Waals surface area contributed by atoms with E-state index in [1.54, 1.807) is 0 Å². The Labute approximate surface area is 448 Å². The van der Waals surface area contributed by atoms with Crippen molar-refractivity contribution < 1.29 is 28.6 Å². The van der Waals surface area contributed by atoms with E-state index in [2.05, 4.69) is 69.4 Å². The lowest BCUT2D eigenvalue weighted by atomic mass is 10.0. The van der Waals surface area contributed by atoms with E-state index in [1.807, 2.05) is 0 Å². The fourth-order valence-electron chi connectivity index (χ4n) is 9.27. The molecular weight excluding hydrogens is 889 g/mol. The topological polar surface area (TPSA) is 78.9 Å². The molecule has 0 aromatic carbocycles. The Balaban J connectivity index is 4.33. The minimum atomic E-state index is -0.777. The summed E-state index contributed by atoms with van der Waals surface area (Å²) in [4.78, 5) is 38.3. The number of rotatable bonds is 58. The van der Waals surface area contributed by atoms with Crippen molar-refractivity contribution in [2.24, 2.45) is 0 Å². The van der Waals surface area contributed by atoms with Gasteiger partial charge in [-0.1, -0.05) is 281 Å². The fraction of sp³-hybridized carbons (Fsp3) is 0.833. The van der Waals surface area contributed by atoms with Crippen LogP contribution in [0.2, 0.25) is 0 Å². The van der Waals surface area contributed by atoms with E-state index in [0.29, 0.717) is 19.3 Å². The molecule has 0 fully saturated rings. The third-order valence-corrected chi connectivity index (χ3v) is 14.1. The maximum Gasteiger partial charge on any atom is 0.306 e. The number of unbranched alkanes of at least 4 members (excludes halogenated alkanes) is 39. The largest absolute Gasteiger partial charge is 0.462 e. The van der Waals surface area contributed by atoms with Crippen LogP contribution in [0, 0.1) is 0 Å². The highest BCUT2D eigenvalue weighted by atomic mass is 16.6. The zero-order chi connectivity index (χ0) is 52.2. The first-order valence-electron chi connectivity index (χ1n) is 31.6. The minimum absolute atomic E-state index is 0.0736.